The predicted octanol–water partition coefficient (Wildman–Crippen LogP) is 3.73. The Bertz CT molecular complexity index is 331. The van der Waals surface area contributed by atoms with Crippen molar-refractivity contribution < 1.29 is 0 Å². The van der Waals surface area contributed by atoms with E-state index in [1.807, 2.05) is 4.68 Å². The van der Waals surface area contributed by atoms with E-state index in [9.17, 15) is 0 Å². The second kappa shape index (κ2) is 8.11. The smallest absolute Gasteiger partial charge is 0.169 e. The molecule has 18 heavy (non-hydrogen) atoms. The number of hydrogen-bond acceptors (Lipinski definition) is 3. The molecule has 0 aromatic carbocycles. The van der Waals surface area contributed by atoms with Crippen LogP contribution in [0.15, 0.2) is 0 Å². The highest BCUT2D eigenvalue weighted by molar-refractivity contribution is 5.34. The highest BCUT2D eigenvalue weighted by Gasteiger charge is 2.12. The number of nitrogen functional groups attached to an aromatic ring is 1. The van der Waals surface area contributed by atoms with E-state index in [1.54, 1.807) is 0 Å². The molecule has 0 saturated carbocycles. The van der Waals surface area contributed by atoms with Gasteiger partial charge in [-0.05, 0) is 12.3 Å². The van der Waals surface area contributed by atoms with Crippen LogP contribution in [0.5, 0.6) is 0 Å². The van der Waals surface area contributed by atoms with Crippen molar-refractivity contribution in [2.45, 2.75) is 78.2 Å². The molecule has 1 heterocycles. The zero-order valence-corrected chi connectivity index (χ0v) is 12.2. The molecule has 0 saturated heterocycles. The van der Waals surface area contributed by atoms with Crippen LogP contribution in [0.1, 0.15) is 77.3 Å². The number of anilines is 1. The first kappa shape index (κ1) is 15.0. The minimum absolute atomic E-state index is 0.393. The Balaban J connectivity index is 2.23. The summed E-state index contributed by atoms with van der Waals surface area (Å²) in [6.07, 6.45) is 9.22. The average Bonchev–Trinajstić information content (AvgIpc) is 2.69. The first-order valence-corrected chi connectivity index (χ1v) is 7.35. The maximum Gasteiger partial charge on any atom is 0.169 e. The molecule has 0 fully saturated rings. The summed E-state index contributed by atoms with van der Waals surface area (Å²) < 4.78 is 1.98. The van der Waals surface area contributed by atoms with Crippen LogP contribution in [0.4, 0.5) is 5.82 Å². The Morgan fingerprint density at radius 3 is 2.28 bits per heavy atom. The molecule has 0 aliphatic heterocycles. The van der Waals surface area contributed by atoms with Gasteiger partial charge in [0.05, 0.1) is 5.69 Å². The van der Waals surface area contributed by atoms with Gasteiger partial charge in [-0.2, -0.15) is 0 Å². The molecule has 0 aliphatic rings. The Morgan fingerprint density at radius 1 is 1.06 bits per heavy atom. The van der Waals surface area contributed by atoms with Crippen LogP contribution in [-0.4, -0.2) is 15.0 Å². The lowest BCUT2D eigenvalue weighted by Gasteiger charge is -2.09. The van der Waals surface area contributed by atoms with E-state index in [0.29, 0.717) is 11.7 Å². The van der Waals surface area contributed by atoms with Gasteiger partial charge in [0.15, 0.2) is 5.82 Å². The van der Waals surface area contributed by atoms with E-state index in [1.165, 1.54) is 44.9 Å². The summed E-state index contributed by atoms with van der Waals surface area (Å²) in [6, 6.07) is 0. The number of rotatable bonds is 9. The molecule has 0 amide bonds. The number of nitrogens with two attached hydrogens (primary N) is 1. The molecule has 2 N–H and O–H groups in total. The molecule has 0 bridgehead atoms. The van der Waals surface area contributed by atoms with Gasteiger partial charge in [-0.3, -0.25) is 0 Å². The molecular formula is C14H28N4. The second-order valence-electron chi connectivity index (χ2n) is 5.36. The first-order chi connectivity index (χ1) is 8.66. The van der Waals surface area contributed by atoms with Gasteiger partial charge in [-0.1, -0.05) is 64.5 Å². The summed E-state index contributed by atoms with van der Waals surface area (Å²) in [4.78, 5) is 0. The van der Waals surface area contributed by atoms with Gasteiger partial charge in [-0.25, -0.2) is 4.68 Å². The van der Waals surface area contributed by atoms with Crippen molar-refractivity contribution in [2.24, 2.45) is 0 Å². The first-order valence-electron chi connectivity index (χ1n) is 7.35. The largest absolute Gasteiger partial charge is 0.381 e. The lowest BCUT2D eigenvalue weighted by atomic mass is 10.1. The van der Waals surface area contributed by atoms with E-state index in [2.05, 4.69) is 31.1 Å². The minimum Gasteiger partial charge on any atom is -0.381 e. The fourth-order valence-corrected chi connectivity index (χ4v) is 2.31. The summed E-state index contributed by atoms with van der Waals surface area (Å²) in [5.41, 5.74) is 6.92. The lowest BCUT2D eigenvalue weighted by molar-refractivity contribution is 0.494. The fourth-order valence-electron chi connectivity index (χ4n) is 2.31. The zero-order chi connectivity index (χ0) is 13.4. The van der Waals surface area contributed by atoms with Crippen molar-refractivity contribution in [3.05, 3.63) is 5.69 Å². The van der Waals surface area contributed by atoms with Crippen LogP contribution in [0.2, 0.25) is 0 Å². The molecule has 0 atom stereocenters. The Kier molecular flexibility index (Phi) is 6.76. The number of aromatic nitrogens is 3. The van der Waals surface area contributed by atoms with E-state index in [-0.39, 0.29) is 0 Å². The number of unbranched alkanes of at least 4 members (excludes halogenated alkanes) is 6. The standard InChI is InChI=1S/C14H28N4/c1-4-5-6-7-8-9-10-11-18-13(12(2)3)14(15)16-17-18/h12H,4-11,15H2,1-3H3. The highest BCUT2D eigenvalue weighted by Crippen LogP contribution is 2.19. The topological polar surface area (TPSA) is 56.7 Å². The average molecular weight is 252 g/mol. The molecule has 0 radical (unpaired) electrons. The Labute approximate surface area is 111 Å². The van der Waals surface area contributed by atoms with Gasteiger partial charge in [0.2, 0.25) is 0 Å². The quantitative estimate of drug-likeness (QED) is 0.681. The van der Waals surface area contributed by atoms with Crippen LogP contribution in [0.3, 0.4) is 0 Å². The molecule has 1 aromatic heterocycles. The minimum atomic E-state index is 0.393. The lowest BCUT2D eigenvalue weighted by Crippen LogP contribution is -2.08. The third-order valence-corrected chi connectivity index (χ3v) is 3.32. The fraction of sp³-hybridized carbons (Fsp3) is 0.857. The van der Waals surface area contributed by atoms with E-state index < -0.39 is 0 Å². The summed E-state index contributed by atoms with van der Waals surface area (Å²) in [6.45, 7) is 7.47. The van der Waals surface area contributed by atoms with Crippen molar-refractivity contribution in [2.75, 3.05) is 5.73 Å². The van der Waals surface area contributed by atoms with Crippen molar-refractivity contribution in [3.8, 4) is 0 Å². The normalized spacial score (nSPS) is 11.3. The van der Waals surface area contributed by atoms with Crippen LogP contribution < -0.4 is 5.73 Å². The van der Waals surface area contributed by atoms with E-state index in [4.69, 9.17) is 5.73 Å². The van der Waals surface area contributed by atoms with Crippen molar-refractivity contribution in [3.63, 3.8) is 0 Å². The number of aryl methyl sites for hydroxylation is 1. The van der Waals surface area contributed by atoms with Crippen molar-refractivity contribution >= 4 is 5.82 Å². The summed E-state index contributed by atoms with van der Waals surface area (Å²) >= 11 is 0. The van der Waals surface area contributed by atoms with E-state index >= 15 is 0 Å². The van der Waals surface area contributed by atoms with Crippen LogP contribution in [0.25, 0.3) is 0 Å². The zero-order valence-electron chi connectivity index (χ0n) is 12.2. The maximum absolute atomic E-state index is 5.83. The number of nitrogens with zero attached hydrogens (tertiary/aromatic N) is 3. The third-order valence-electron chi connectivity index (χ3n) is 3.32. The van der Waals surface area contributed by atoms with Crippen LogP contribution >= 0.6 is 0 Å². The predicted molar refractivity (Wildman–Crippen MR) is 76.5 cm³/mol. The van der Waals surface area contributed by atoms with Crippen LogP contribution in [0, 0.1) is 0 Å². The molecule has 4 nitrogen and oxygen atoms in total. The molecule has 1 rings (SSSR count). The summed E-state index contributed by atoms with van der Waals surface area (Å²) in [5, 5.41) is 8.09. The van der Waals surface area contributed by atoms with Gasteiger partial charge in [0, 0.05) is 6.54 Å². The maximum atomic E-state index is 5.83. The van der Waals surface area contributed by atoms with Gasteiger partial charge in [0.25, 0.3) is 0 Å². The Hall–Kier alpha value is -1.06. The second-order valence-corrected chi connectivity index (χ2v) is 5.36. The summed E-state index contributed by atoms with van der Waals surface area (Å²) in [7, 11) is 0. The highest BCUT2D eigenvalue weighted by atomic mass is 15.4. The molecular weight excluding hydrogens is 224 g/mol. The SMILES string of the molecule is CCCCCCCCCn1nnc(N)c1C(C)C. The molecule has 1 aromatic rings. The van der Waals surface area contributed by atoms with Gasteiger partial charge in [0.1, 0.15) is 0 Å². The molecule has 104 valence electrons. The summed E-state index contributed by atoms with van der Waals surface area (Å²) in [5.74, 6) is 0.984. The number of hydrogen-bond donors (Lipinski definition) is 1. The van der Waals surface area contributed by atoms with Gasteiger partial charge in [-0.15, -0.1) is 5.10 Å². The monoisotopic (exact) mass is 252 g/mol. The van der Waals surface area contributed by atoms with Gasteiger partial charge >= 0.3 is 0 Å². The van der Waals surface area contributed by atoms with E-state index in [0.717, 1.165) is 12.2 Å². The Morgan fingerprint density at radius 2 is 1.67 bits per heavy atom. The van der Waals surface area contributed by atoms with Crippen molar-refractivity contribution in [1.29, 1.82) is 0 Å². The molecule has 4 heteroatoms. The molecule has 0 aliphatic carbocycles. The molecule has 0 spiro atoms. The van der Waals surface area contributed by atoms with Crippen LogP contribution in [-0.2, 0) is 6.54 Å². The third kappa shape index (κ3) is 4.67. The van der Waals surface area contributed by atoms with Gasteiger partial charge < -0.3 is 5.73 Å². The molecule has 0 unspecified atom stereocenters. The van der Waals surface area contributed by atoms with Crippen molar-refractivity contribution in [1.82, 2.24) is 15.0 Å².